The van der Waals surface area contributed by atoms with Crippen LogP contribution in [0, 0.1) is 11.6 Å². The predicted octanol–water partition coefficient (Wildman–Crippen LogP) is 3.11. The molecule has 0 saturated carbocycles. The molecule has 4 nitrogen and oxygen atoms in total. The van der Waals surface area contributed by atoms with Gasteiger partial charge in [-0.3, -0.25) is 10.1 Å². The Kier molecular flexibility index (Phi) is 5.37. The van der Waals surface area contributed by atoms with Gasteiger partial charge in [0.1, 0.15) is 11.6 Å². The topological polar surface area (TPSA) is 47.6 Å². The first kappa shape index (κ1) is 17.8. The van der Waals surface area contributed by atoms with Crippen molar-refractivity contribution in [1.29, 1.82) is 0 Å². The molecule has 1 N–H and O–H groups in total. The van der Waals surface area contributed by atoms with Gasteiger partial charge in [-0.25, -0.2) is 8.78 Å². The van der Waals surface area contributed by atoms with Crippen LogP contribution in [0.25, 0.3) is 0 Å². The van der Waals surface area contributed by atoms with Crippen molar-refractivity contribution in [3.05, 3.63) is 35.4 Å². The van der Waals surface area contributed by atoms with Crippen molar-refractivity contribution < 1.29 is 23.0 Å². The summed E-state index contributed by atoms with van der Waals surface area (Å²) in [6, 6.07) is 3.04. The van der Waals surface area contributed by atoms with Gasteiger partial charge in [-0.05, 0) is 51.8 Å². The van der Waals surface area contributed by atoms with Crippen molar-refractivity contribution in [3.63, 3.8) is 0 Å². The molecule has 128 valence electrons. The molecule has 0 amide bonds. The van der Waals surface area contributed by atoms with Crippen LogP contribution in [0.15, 0.2) is 18.2 Å². The molecule has 3 atom stereocenters. The minimum absolute atomic E-state index is 0.164. The Balaban J connectivity index is 2.04. The highest BCUT2D eigenvalue weighted by Gasteiger charge is 2.33. The molecule has 0 radical (unpaired) electrons. The molecule has 23 heavy (non-hydrogen) atoms. The van der Waals surface area contributed by atoms with Crippen LogP contribution in [0.5, 0.6) is 0 Å². The van der Waals surface area contributed by atoms with Gasteiger partial charge in [0.2, 0.25) is 0 Å². The van der Waals surface area contributed by atoms with Gasteiger partial charge >= 0.3 is 5.97 Å². The average Bonchev–Trinajstić information content (AvgIpc) is 2.88. The minimum Gasteiger partial charge on any atom is -0.459 e. The molecule has 1 heterocycles. The SMILES string of the molecule is CC(N[C@@H]1CCO[C@H]1c1ccc(F)c(F)c1)C(=O)OC(C)(C)C. The number of benzene rings is 1. The van der Waals surface area contributed by atoms with Crippen LogP contribution >= 0.6 is 0 Å². The summed E-state index contributed by atoms with van der Waals surface area (Å²) in [4.78, 5) is 12.1. The monoisotopic (exact) mass is 327 g/mol. The zero-order chi connectivity index (χ0) is 17.2. The maximum absolute atomic E-state index is 13.4. The molecule has 2 rings (SSSR count). The van der Waals surface area contributed by atoms with Crippen LogP contribution in [0.2, 0.25) is 0 Å². The summed E-state index contributed by atoms with van der Waals surface area (Å²) in [5.41, 5.74) is -0.00567. The van der Waals surface area contributed by atoms with E-state index in [1.807, 2.05) is 0 Å². The van der Waals surface area contributed by atoms with Gasteiger partial charge in [-0.2, -0.15) is 0 Å². The zero-order valence-electron chi connectivity index (χ0n) is 13.9. The highest BCUT2D eigenvalue weighted by molar-refractivity contribution is 5.75. The molecule has 0 aliphatic carbocycles. The number of carbonyl (C=O) groups excluding carboxylic acids is 1. The van der Waals surface area contributed by atoms with Gasteiger partial charge in [0.05, 0.1) is 6.10 Å². The summed E-state index contributed by atoms with van der Waals surface area (Å²) >= 11 is 0. The Morgan fingerprint density at radius 2 is 2.04 bits per heavy atom. The lowest BCUT2D eigenvalue weighted by Gasteiger charge is -2.26. The molecule has 1 aromatic carbocycles. The molecule has 6 heteroatoms. The average molecular weight is 327 g/mol. The van der Waals surface area contributed by atoms with Crippen molar-refractivity contribution in [2.75, 3.05) is 6.61 Å². The fourth-order valence-electron chi connectivity index (χ4n) is 2.56. The summed E-state index contributed by atoms with van der Waals surface area (Å²) in [5.74, 6) is -2.15. The van der Waals surface area contributed by atoms with Gasteiger partial charge in [-0.15, -0.1) is 0 Å². The predicted molar refractivity (Wildman–Crippen MR) is 81.9 cm³/mol. The fourth-order valence-corrected chi connectivity index (χ4v) is 2.56. The summed E-state index contributed by atoms with van der Waals surface area (Å²) < 4.78 is 37.4. The number of halogens is 2. The molecule has 0 bridgehead atoms. The molecule has 1 aromatic rings. The van der Waals surface area contributed by atoms with Crippen molar-refractivity contribution in [3.8, 4) is 0 Å². The normalized spacial score (nSPS) is 22.9. The zero-order valence-corrected chi connectivity index (χ0v) is 13.9. The smallest absolute Gasteiger partial charge is 0.323 e. The fraction of sp³-hybridized carbons (Fsp3) is 0.588. The number of ether oxygens (including phenoxy) is 2. The van der Waals surface area contributed by atoms with E-state index in [4.69, 9.17) is 9.47 Å². The van der Waals surface area contributed by atoms with Gasteiger partial charge in [0.25, 0.3) is 0 Å². The summed E-state index contributed by atoms with van der Waals surface area (Å²) in [6.45, 7) is 7.62. The highest BCUT2D eigenvalue weighted by atomic mass is 19.2. The molecule has 0 aromatic heterocycles. The number of hydrogen-bond acceptors (Lipinski definition) is 4. The second-order valence-electron chi connectivity index (χ2n) is 6.78. The van der Waals surface area contributed by atoms with E-state index in [-0.39, 0.29) is 12.0 Å². The Hall–Kier alpha value is -1.53. The lowest BCUT2D eigenvalue weighted by Crippen LogP contribution is -2.45. The molecule has 1 unspecified atom stereocenters. The molecule has 0 spiro atoms. The quantitative estimate of drug-likeness (QED) is 0.863. The van der Waals surface area contributed by atoms with Crippen LogP contribution in [-0.2, 0) is 14.3 Å². The van der Waals surface area contributed by atoms with Crippen LogP contribution in [0.1, 0.15) is 45.8 Å². The third kappa shape index (κ3) is 4.72. The van der Waals surface area contributed by atoms with Crippen LogP contribution in [0.4, 0.5) is 8.78 Å². The van der Waals surface area contributed by atoms with Crippen molar-refractivity contribution in [2.45, 2.75) is 57.9 Å². The van der Waals surface area contributed by atoms with Gasteiger partial charge in [0.15, 0.2) is 11.6 Å². The van der Waals surface area contributed by atoms with E-state index < -0.39 is 29.4 Å². The second-order valence-corrected chi connectivity index (χ2v) is 6.78. The summed E-state index contributed by atoms with van der Waals surface area (Å²) in [5, 5.41) is 3.17. The Morgan fingerprint density at radius 1 is 1.35 bits per heavy atom. The first-order chi connectivity index (χ1) is 10.7. The molecular weight excluding hydrogens is 304 g/mol. The second kappa shape index (κ2) is 6.93. The molecular formula is C17H23F2NO3. The number of hydrogen-bond donors (Lipinski definition) is 1. The van der Waals surface area contributed by atoms with Gasteiger partial charge in [-0.1, -0.05) is 6.07 Å². The molecule has 1 saturated heterocycles. The van der Waals surface area contributed by atoms with Gasteiger partial charge in [0, 0.05) is 12.6 Å². The lowest BCUT2D eigenvalue weighted by atomic mass is 10.0. The van der Waals surface area contributed by atoms with Gasteiger partial charge < -0.3 is 9.47 Å². The highest BCUT2D eigenvalue weighted by Crippen LogP contribution is 2.30. The van der Waals surface area contributed by atoms with Crippen molar-refractivity contribution >= 4 is 5.97 Å². The van der Waals surface area contributed by atoms with E-state index in [1.54, 1.807) is 27.7 Å². The molecule has 1 aliphatic heterocycles. The largest absolute Gasteiger partial charge is 0.459 e. The van der Waals surface area contributed by atoms with E-state index in [1.165, 1.54) is 6.07 Å². The van der Waals surface area contributed by atoms with Crippen LogP contribution in [0.3, 0.4) is 0 Å². The third-order valence-corrected chi connectivity index (χ3v) is 3.59. The first-order valence-electron chi connectivity index (χ1n) is 7.73. The van der Waals surface area contributed by atoms with E-state index in [2.05, 4.69) is 5.32 Å². The van der Waals surface area contributed by atoms with E-state index in [9.17, 15) is 13.6 Å². The third-order valence-electron chi connectivity index (χ3n) is 3.59. The van der Waals surface area contributed by atoms with E-state index in [0.717, 1.165) is 12.1 Å². The Labute approximate surface area is 135 Å². The van der Waals surface area contributed by atoms with Crippen molar-refractivity contribution in [2.24, 2.45) is 0 Å². The first-order valence-corrected chi connectivity index (χ1v) is 7.73. The Morgan fingerprint density at radius 3 is 2.65 bits per heavy atom. The van der Waals surface area contributed by atoms with Crippen molar-refractivity contribution in [1.82, 2.24) is 5.32 Å². The maximum Gasteiger partial charge on any atom is 0.323 e. The molecule has 1 fully saturated rings. The number of nitrogens with one attached hydrogen (secondary N) is 1. The number of rotatable bonds is 4. The Bertz CT molecular complexity index is 571. The molecule has 1 aliphatic rings. The summed E-state index contributed by atoms with van der Waals surface area (Å²) in [6.07, 6.45) is 0.256. The number of esters is 1. The maximum atomic E-state index is 13.4. The lowest BCUT2D eigenvalue weighted by molar-refractivity contribution is -0.157. The summed E-state index contributed by atoms with van der Waals surface area (Å²) in [7, 11) is 0. The van der Waals surface area contributed by atoms with E-state index in [0.29, 0.717) is 18.6 Å². The minimum atomic E-state index is -0.906. The van der Waals surface area contributed by atoms with Crippen LogP contribution < -0.4 is 5.32 Å². The standard InChI is InChI=1S/C17H23F2NO3/c1-10(16(21)23-17(2,3)4)20-14-7-8-22-15(14)11-5-6-12(18)13(19)9-11/h5-6,9-10,14-15,20H,7-8H2,1-4H3/t10?,14-,15+/m1/s1. The number of carbonyl (C=O) groups is 1. The van der Waals surface area contributed by atoms with Crippen LogP contribution in [-0.4, -0.2) is 30.3 Å². The van der Waals surface area contributed by atoms with E-state index >= 15 is 0 Å².